The molecular weight excluding hydrogens is 368 g/mol. The zero-order chi connectivity index (χ0) is 19.4. The zero-order valence-corrected chi connectivity index (χ0v) is 16.4. The molecule has 2 aromatic rings. The fraction of sp³-hybridized carbons (Fsp3) is 0.500. The van der Waals surface area contributed by atoms with Gasteiger partial charge in [0.2, 0.25) is 5.91 Å². The van der Waals surface area contributed by atoms with Crippen LogP contribution < -0.4 is 5.32 Å². The van der Waals surface area contributed by atoms with Gasteiger partial charge >= 0.3 is 0 Å². The number of thiazole rings is 1. The third-order valence-corrected chi connectivity index (χ3v) is 5.80. The molecule has 1 aromatic heterocycles. The van der Waals surface area contributed by atoms with Gasteiger partial charge in [-0.2, -0.15) is 0 Å². The van der Waals surface area contributed by atoms with Crippen molar-refractivity contribution in [2.45, 2.75) is 39.3 Å². The minimum Gasteiger partial charge on any atom is -0.346 e. The Bertz CT molecular complexity index is 767. The molecular formula is C20H25F2N3OS. The quantitative estimate of drug-likeness (QED) is 0.802. The molecule has 0 saturated carbocycles. The molecule has 27 heavy (non-hydrogen) atoms. The average Bonchev–Trinajstić information content (AvgIpc) is 3.17. The normalized spacial score (nSPS) is 19.2. The summed E-state index contributed by atoms with van der Waals surface area (Å²) < 4.78 is 26.6. The summed E-state index contributed by atoms with van der Waals surface area (Å²) in [4.78, 5) is 19.0. The van der Waals surface area contributed by atoms with Crippen LogP contribution in [0.3, 0.4) is 0 Å². The first-order valence-electron chi connectivity index (χ1n) is 9.30. The highest BCUT2D eigenvalue weighted by atomic mass is 32.1. The third kappa shape index (κ3) is 5.11. The maximum absolute atomic E-state index is 13.5. The molecule has 1 saturated heterocycles. The van der Waals surface area contributed by atoms with E-state index in [-0.39, 0.29) is 23.8 Å². The summed E-state index contributed by atoms with van der Waals surface area (Å²) in [5.41, 5.74) is 0.756. The highest BCUT2D eigenvalue weighted by molar-refractivity contribution is 7.09. The van der Waals surface area contributed by atoms with Crippen LogP contribution in [0.4, 0.5) is 8.78 Å². The van der Waals surface area contributed by atoms with E-state index < -0.39 is 11.6 Å². The van der Waals surface area contributed by atoms with Gasteiger partial charge in [-0.25, -0.2) is 13.8 Å². The Morgan fingerprint density at radius 3 is 2.85 bits per heavy atom. The summed E-state index contributed by atoms with van der Waals surface area (Å²) in [6, 6.07) is 3.94. The lowest BCUT2D eigenvalue weighted by molar-refractivity contribution is -0.125. The average molecular weight is 394 g/mol. The highest BCUT2D eigenvalue weighted by Crippen LogP contribution is 2.32. The topological polar surface area (TPSA) is 45.2 Å². The van der Waals surface area contributed by atoms with E-state index in [1.54, 1.807) is 23.6 Å². The smallest absolute Gasteiger partial charge is 0.223 e. The maximum atomic E-state index is 13.5. The molecule has 1 aliphatic rings. The lowest BCUT2D eigenvalue weighted by Crippen LogP contribution is -2.43. The molecule has 146 valence electrons. The highest BCUT2D eigenvalue weighted by Gasteiger charge is 2.31. The van der Waals surface area contributed by atoms with Crippen LogP contribution in [-0.2, 0) is 11.3 Å². The van der Waals surface area contributed by atoms with Crippen molar-refractivity contribution in [1.29, 1.82) is 0 Å². The fourth-order valence-electron chi connectivity index (χ4n) is 3.49. The number of benzene rings is 1. The van der Waals surface area contributed by atoms with Crippen molar-refractivity contribution in [1.82, 2.24) is 15.2 Å². The van der Waals surface area contributed by atoms with Crippen LogP contribution in [-0.4, -0.2) is 28.9 Å². The van der Waals surface area contributed by atoms with E-state index >= 15 is 0 Å². The van der Waals surface area contributed by atoms with Crippen molar-refractivity contribution < 1.29 is 13.6 Å². The molecule has 1 amide bonds. The number of rotatable bonds is 6. The number of nitrogens with one attached hydrogen (secondary N) is 1. The maximum Gasteiger partial charge on any atom is 0.223 e. The largest absolute Gasteiger partial charge is 0.346 e. The van der Waals surface area contributed by atoms with E-state index in [0.29, 0.717) is 6.54 Å². The van der Waals surface area contributed by atoms with Crippen molar-refractivity contribution in [3.05, 3.63) is 52.0 Å². The predicted octanol–water partition coefficient (Wildman–Crippen LogP) is 4.15. The molecule has 1 N–H and O–H groups in total. The van der Waals surface area contributed by atoms with Crippen LogP contribution in [0, 0.1) is 23.5 Å². The lowest BCUT2D eigenvalue weighted by Gasteiger charge is -2.37. The van der Waals surface area contributed by atoms with Gasteiger partial charge < -0.3 is 5.32 Å². The summed E-state index contributed by atoms with van der Waals surface area (Å²) in [6.07, 6.45) is 3.75. The van der Waals surface area contributed by atoms with Crippen LogP contribution in [0.15, 0.2) is 29.8 Å². The molecule has 0 bridgehead atoms. The molecule has 2 heterocycles. The second kappa shape index (κ2) is 8.89. The van der Waals surface area contributed by atoms with Gasteiger partial charge in [-0.05, 0) is 43.0 Å². The summed E-state index contributed by atoms with van der Waals surface area (Å²) in [5, 5.41) is 6.00. The molecule has 0 radical (unpaired) electrons. The summed E-state index contributed by atoms with van der Waals surface area (Å²) in [5.74, 6) is -1.47. The van der Waals surface area contributed by atoms with Crippen molar-refractivity contribution in [2.75, 3.05) is 13.1 Å². The van der Waals surface area contributed by atoms with Crippen LogP contribution >= 0.6 is 11.3 Å². The molecule has 4 nitrogen and oxygen atoms in total. The molecule has 0 spiro atoms. The second-order valence-corrected chi connectivity index (χ2v) is 8.32. The number of carbonyl (C=O) groups excluding carboxylic acids is 1. The number of amides is 1. The second-order valence-electron chi connectivity index (χ2n) is 7.40. The standard InChI is InChI=1S/C20H25F2N3OS/c1-13(2)19(26)24-18(20-23-7-9-27-20)15-4-3-8-25(12-15)11-14-5-6-16(21)17(22)10-14/h5-7,9-10,13,15,18H,3-4,8,11-12H2,1-2H3,(H,24,26). The van der Waals surface area contributed by atoms with E-state index in [9.17, 15) is 13.6 Å². The van der Waals surface area contributed by atoms with Gasteiger partial charge in [-0.1, -0.05) is 19.9 Å². The first-order chi connectivity index (χ1) is 12.9. The van der Waals surface area contributed by atoms with Gasteiger partial charge in [0.25, 0.3) is 0 Å². The van der Waals surface area contributed by atoms with Gasteiger partial charge in [-0.15, -0.1) is 11.3 Å². The summed E-state index contributed by atoms with van der Waals surface area (Å²) in [7, 11) is 0. The molecule has 3 rings (SSSR count). The molecule has 1 aliphatic heterocycles. The minimum atomic E-state index is -0.824. The summed E-state index contributed by atoms with van der Waals surface area (Å²) >= 11 is 1.55. The van der Waals surface area contributed by atoms with E-state index in [4.69, 9.17) is 0 Å². The van der Waals surface area contributed by atoms with Crippen LogP contribution in [0.2, 0.25) is 0 Å². The Kier molecular flexibility index (Phi) is 6.55. The number of piperidine rings is 1. The molecule has 1 aromatic carbocycles. The number of aromatic nitrogens is 1. The van der Waals surface area contributed by atoms with E-state index in [1.165, 1.54) is 12.1 Å². The Morgan fingerprint density at radius 2 is 2.19 bits per heavy atom. The minimum absolute atomic E-state index is 0.0212. The van der Waals surface area contributed by atoms with E-state index in [2.05, 4.69) is 15.2 Å². The number of nitrogens with zero attached hydrogens (tertiary/aromatic N) is 2. The monoisotopic (exact) mass is 393 g/mol. The lowest BCUT2D eigenvalue weighted by atomic mass is 9.90. The first-order valence-corrected chi connectivity index (χ1v) is 10.2. The summed E-state index contributed by atoms with van der Waals surface area (Å²) in [6.45, 7) is 6.01. The number of likely N-dealkylation sites (tertiary alicyclic amines) is 1. The van der Waals surface area contributed by atoms with E-state index in [1.807, 2.05) is 19.2 Å². The van der Waals surface area contributed by atoms with Gasteiger partial charge in [0.15, 0.2) is 11.6 Å². The predicted molar refractivity (Wildman–Crippen MR) is 102 cm³/mol. The molecule has 0 aliphatic carbocycles. The fourth-order valence-corrected chi connectivity index (χ4v) is 4.27. The Balaban J connectivity index is 1.71. The van der Waals surface area contributed by atoms with Gasteiger partial charge in [0.05, 0.1) is 6.04 Å². The van der Waals surface area contributed by atoms with Crippen molar-refractivity contribution in [3.63, 3.8) is 0 Å². The van der Waals surface area contributed by atoms with Gasteiger partial charge in [-0.3, -0.25) is 9.69 Å². The molecule has 7 heteroatoms. The van der Waals surface area contributed by atoms with Crippen molar-refractivity contribution in [3.8, 4) is 0 Å². The Hall–Kier alpha value is -1.86. The van der Waals surface area contributed by atoms with E-state index in [0.717, 1.165) is 36.5 Å². The van der Waals surface area contributed by atoms with Gasteiger partial charge in [0.1, 0.15) is 5.01 Å². The Labute approximate surface area is 162 Å². The molecule has 2 unspecified atom stereocenters. The van der Waals surface area contributed by atoms with Crippen LogP contribution in [0.1, 0.15) is 43.3 Å². The zero-order valence-electron chi connectivity index (χ0n) is 15.6. The van der Waals surface area contributed by atoms with Gasteiger partial charge in [0, 0.05) is 30.6 Å². The SMILES string of the molecule is CC(C)C(=O)NC(c1nccs1)C1CCCN(Cc2ccc(F)c(F)c2)C1. The van der Waals surface area contributed by atoms with Crippen LogP contribution in [0.25, 0.3) is 0 Å². The molecule has 2 atom stereocenters. The van der Waals surface area contributed by atoms with Crippen molar-refractivity contribution in [2.24, 2.45) is 11.8 Å². The number of halogens is 2. The third-order valence-electron chi connectivity index (χ3n) is 4.94. The first kappa shape index (κ1) is 19.9. The van der Waals surface area contributed by atoms with Crippen molar-refractivity contribution >= 4 is 17.2 Å². The number of hydrogen-bond acceptors (Lipinski definition) is 4. The number of carbonyl (C=O) groups is 1. The Morgan fingerprint density at radius 1 is 1.37 bits per heavy atom. The molecule has 1 fully saturated rings. The number of hydrogen-bond donors (Lipinski definition) is 1. The van der Waals surface area contributed by atoms with Crippen LogP contribution in [0.5, 0.6) is 0 Å².